The fraction of sp³-hybridized carbons (Fsp3) is 0.273. The normalized spacial score (nSPS) is 11.4. The fourth-order valence-electron chi connectivity index (χ4n) is 3.25. The monoisotopic (exact) mass is 569 g/mol. The van der Waals surface area contributed by atoms with E-state index in [0.29, 0.717) is 21.8 Å². The van der Waals surface area contributed by atoms with Crippen molar-refractivity contribution in [3.63, 3.8) is 0 Å². The first-order valence-corrected chi connectivity index (χ1v) is 12.8. The van der Waals surface area contributed by atoms with E-state index in [-0.39, 0.29) is 22.6 Å². The minimum Gasteiger partial charge on any atom is -0.346 e. The SMILES string of the molecule is CSCC(C)(C)NC(=O)c1cc(Br)cc(C)c1NC(=O)c1cc(Cl)nn1-c1ncccc1Cl. The number of nitrogens with one attached hydrogen (secondary N) is 2. The molecule has 0 atom stereocenters. The number of nitrogens with zero attached hydrogens (tertiary/aromatic N) is 3. The third-order valence-corrected chi connectivity index (χ3v) is 6.54. The molecule has 0 unspecified atom stereocenters. The van der Waals surface area contributed by atoms with Gasteiger partial charge in [-0.15, -0.1) is 0 Å². The van der Waals surface area contributed by atoms with Gasteiger partial charge in [-0.05, 0) is 56.9 Å². The van der Waals surface area contributed by atoms with Gasteiger partial charge in [0.25, 0.3) is 11.8 Å². The van der Waals surface area contributed by atoms with Gasteiger partial charge in [0.15, 0.2) is 11.0 Å². The van der Waals surface area contributed by atoms with Crippen molar-refractivity contribution >= 4 is 68.4 Å². The Morgan fingerprint density at radius 2 is 1.94 bits per heavy atom. The fourth-order valence-corrected chi connectivity index (χ4v) is 4.99. The minimum atomic E-state index is -0.515. The molecule has 0 aliphatic heterocycles. The highest BCUT2D eigenvalue weighted by atomic mass is 79.9. The maximum absolute atomic E-state index is 13.3. The van der Waals surface area contributed by atoms with Crippen molar-refractivity contribution in [1.82, 2.24) is 20.1 Å². The van der Waals surface area contributed by atoms with E-state index in [4.69, 9.17) is 23.2 Å². The molecule has 1 aromatic carbocycles. The van der Waals surface area contributed by atoms with Crippen LogP contribution in [0.1, 0.15) is 40.3 Å². The van der Waals surface area contributed by atoms with Crippen LogP contribution < -0.4 is 10.6 Å². The molecule has 11 heteroatoms. The van der Waals surface area contributed by atoms with Crippen LogP contribution in [0, 0.1) is 6.92 Å². The van der Waals surface area contributed by atoms with Crippen LogP contribution in [0.3, 0.4) is 0 Å². The molecule has 33 heavy (non-hydrogen) atoms. The van der Waals surface area contributed by atoms with Crippen molar-refractivity contribution in [3.05, 3.63) is 68.0 Å². The minimum absolute atomic E-state index is 0.103. The van der Waals surface area contributed by atoms with E-state index < -0.39 is 11.4 Å². The molecule has 2 heterocycles. The van der Waals surface area contributed by atoms with Gasteiger partial charge in [-0.2, -0.15) is 16.9 Å². The van der Waals surface area contributed by atoms with Crippen molar-refractivity contribution in [2.45, 2.75) is 26.3 Å². The first-order valence-electron chi connectivity index (χ1n) is 9.82. The number of anilines is 1. The largest absolute Gasteiger partial charge is 0.346 e. The average molecular weight is 571 g/mol. The van der Waals surface area contributed by atoms with Crippen molar-refractivity contribution in [2.24, 2.45) is 0 Å². The summed E-state index contributed by atoms with van der Waals surface area (Å²) in [5, 5.41) is 10.4. The Morgan fingerprint density at radius 3 is 2.61 bits per heavy atom. The molecule has 0 radical (unpaired) electrons. The summed E-state index contributed by atoms with van der Waals surface area (Å²) in [4.78, 5) is 30.6. The molecule has 0 aliphatic carbocycles. The van der Waals surface area contributed by atoms with Gasteiger partial charge in [-0.1, -0.05) is 39.1 Å². The third-order valence-electron chi connectivity index (χ3n) is 4.59. The quantitative estimate of drug-likeness (QED) is 0.376. The number of halogens is 3. The van der Waals surface area contributed by atoms with Gasteiger partial charge in [0.1, 0.15) is 5.69 Å². The number of rotatable bonds is 7. The molecule has 174 valence electrons. The Morgan fingerprint density at radius 1 is 1.21 bits per heavy atom. The van der Waals surface area contributed by atoms with Crippen LogP contribution in [-0.2, 0) is 0 Å². The Labute approximate surface area is 214 Å². The smallest absolute Gasteiger partial charge is 0.274 e. The molecule has 2 aromatic heterocycles. The summed E-state index contributed by atoms with van der Waals surface area (Å²) >= 11 is 17.4. The highest BCUT2D eigenvalue weighted by Crippen LogP contribution is 2.28. The third kappa shape index (κ3) is 6.09. The van der Waals surface area contributed by atoms with E-state index in [2.05, 4.69) is 36.6 Å². The Balaban J connectivity index is 1.99. The predicted octanol–water partition coefficient (Wildman–Crippen LogP) is 5.77. The van der Waals surface area contributed by atoms with Crippen LogP contribution in [0.15, 0.2) is 41.0 Å². The highest BCUT2D eigenvalue weighted by molar-refractivity contribution is 9.10. The van der Waals surface area contributed by atoms with E-state index in [1.54, 1.807) is 30.0 Å². The lowest BCUT2D eigenvalue weighted by Crippen LogP contribution is -2.45. The first kappa shape index (κ1) is 25.6. The zero-order valence-corrected chi connectivity index (χ0v) is 22.3. The molecule has 0 aliphatic rings. The van der Waals surface area contributed by atoms with Gasteiger partial charge in [0, 0.05) is 28.0 Å². The van der Waals surface area contributed by atoms with Gasteiger partial charge >= 0.3 is 0 Å². The van der Waals surface area contributed by atoms with Crippen LogP contribution in [0.25, 0.3) is 5.82 Å². The summed E-state index contributed by atoms with van der Waals surface area (Å²) in [6.07, 6.45) is 3.51. The van der Waals surface area contributed by atoms with E-state index >= 15 is 0 Å². The molecule has 0 saturated carbocycles. The van der Waals surface area contributed by atoms with Crippen LogP contribution in [-0.4, -0.2) is 44.1 Å². The zero-order chi connectivity index (χ0) is 24.3. The summed E-state index contributed by atoms with van der Waals surface area (Å²) < 4.78 is 1.99. The number of amides is 2. The van der Waals surface area contributed by atoms with Gasteiger partial charge < -0.3 is 10.6 Å². The average Bonchev–Trinajstić information content (AvgIpc) is 3.11. The Kier molecular flexibility index (Phi) is 8.10. The molecule has 0 saturated heterocycles. The van der Waals surface area contributed by atoms with Crippen LogP contribution >= 0.6 is 50.9 Å². The molecule has 2 N–H and O–H groups in total. The predicted molar refractivity (Wildman–Crippen MR) is 138 cm³/mol. The van der Waals surface area contributed by atoms with E-state index in [1.165, 1.54) is 16.9 Å². The lowest BCUT2D eigenvalue weighted by atomic mass is 10.0. The summed E-state index contributed by atoms with van der Waals surface area (Å²) in [5.74, 6) is 0.184. The lowest BCUT2D eigenvalue weighted by molar-refractivity contribution is 0.0921. The summed E-state index contributed by atoms with van der Waals surface area (Å²) in [5.41, 5.74) is 1.11. The summed E-state index contributed by atoms with van der Waals surface area (Å²) in [6.45, 7) is 5.70. The van der Waals surface area contributed by atoms with Crippen molar-refractivity contribution in [1.29, 1.82) is 0 Å². The molecule has 3 rings (SSSR count). The zero-order valence-electron chi connectivity index (χ0n) is 18.4. The number of aromatic nitrogens is 3. The standard InChI is InChI=1S/C22H22BrCl2N5O2S/c1-12-8-13(23)9-14(20(31)28-22(2,3)11-33-4)18(12)27-21(32)16-10-17(25)29-30(16)19-15(24)6-5-7-26-19/h5-10H,11H2,1-4H3,(H,27,32)(H,28,31). The Bertz CT molecular complexity index is 1220. The Hall–Kier alpha value is -2.07. The molecule has 0 spiro atoms. The number of aryl methyl sites for hydroxylation is 1. The van der Waals surface area contributed by atoms with Gasteiger partial charge in [-0.25, -0.2) is 9.67 Å². The number of thioether (sulfide) groups is 1. The van der Waals surface area contributed by atoms with E-state index in [0.717, 1.165) is 10.2 Å². The van der Waals surface area contributed by atoms with Crippen LogP contribution in [0.5, 0.6) is 0 Å². The summed E-state index contributed by atoms with van der Waals surface area (Å²) in [6, 6.07) is 8.22. The molecular formula is C22H22BrCl2N5O2S. The van der Waals surface area contributed by atoms with E-state index in [1.807, 2.05) is 33.1 Å². The van der Waals surface area contributed by atoms with Gasteiger partial charge in [0.05, 0.1) is 16.3 Å². The number of hydrogen-bond donors (Lipinski definition) is 2. The van der Waals surface area contributed by atoms with Gasteiger partial charge in [0.2, 0.25) is 0 Å². The number of carbonyl (C=O) groups excluding carboxylic acids is 2. The number of pyridine rings is 1. The van der Waals surface area contributed by atoms with Crippen LogP contribution in [0.4, 0.5) is 5.69 Å². The first-order chi connectivity index (χ1) is 15.5. The number of benzene rings is 1. The van der Waals surface area contributed by atoms with Crippen LogP contribution in [0.2, 0.25) is 10.2 Å². The van der Waals surface area contributed by atoms with Crippen molar-refractivity contribution < 1.29 is 9.59 Å². The molecule has 0 bridgehead atoms. The summed E-state index contributed by atoms with van der Waals surface area (Å²) in [7, 11) is 0. The van der Waals surface area contributed by atoms with E-state index in [9.17, 15) is 9.59 Å². The maximum atomic E-state index is 13.3. The molecule has 7 nitrogen and oxygen atoms in total. The van der Waals surface area contributed by atoms with Crippen molar-refractivity contribution in [2.75, 3.05) is 17.3 Å². The van der Waals surface area contributed by atoms with Crippen molar-refractivity contribution in [3.8, 4) is 5.82 Å². The number of carbonyl (C=O) groups is 2. The maximum Gasteiger partial charge on any atom is 0.274 e. The molecule has 0 fully saturated rings. The molecular weight excluding hydrogens is 549 g/mol. The molecule has 2 amide bonds. The highest BCUT2D eigenvalue weighted by Gasteiger charge is 2.25. The second-order valence-electron chi connectivity index (χ2n) is 7.94. The topological polar surface area (TPSA) is 88.9 Å². The van der Waals surface area contributed by atoms with Gasteiger partial charge in [-0.3, -0.25) is 9.59 Å². The lowest BCUT2D eigenvalue weighted by Gasteiger charge is -2.26. The number of hydrogen-bond acceptors (Lipinski definition) is 5. The second kappa shape index (κ2) is 10.5. The molecule has 3 aromatic rings. The second-order valence-corrected chi connectivity index (χ2v) is 10.5.